The van der Waals surface area contributed by atoms with Crippen LogP contribution in [0.15, 0.2) is 23.2 Å². The van der Waals surface area contributed by atoms with Gasteiger partial charge in [-0.15, -0.1) is 0 Å². The molecule has 200 valence electrons. The van der Waals surface area contributed by atoms with Gasteiger partial charge >= 0.3 is 6.03 Å². The van der Waals surface area contributed by atoms with E-state index in [9.17, 15) is 22.8 Å². The first-order chi connectivity index (χ1) is 17.6. The number of aryl methyl sites for hydroxylation is 2. The van der Waals surface area contributed by atoms with Gasteiger partial charge < -0.3 is 10.6 Å². The second kappa shape index (κ2) is 9.83. The van der Waals surface area contributed by atoms with Crippen molar-refractivity contribution in [3.05, 3.63) is 29.3 Å². The minimum atomic E-state index is -3.52. The Morgan fingerprint density at radius 1 is 1.08 bits per heavy atom. The molecule has 1 aromatic carbocycles. The summed E-state index contributed by atoms with van der Waals surface area (Å²) in [5.41, 5.74) is 1.30. The Bertz CT molecular complexity index is 1230. The van der Waals surface area contributed by atoms with E-state index in [1.54, 1.807) is 18.2 Å². The number of hydrogen-bond donors (Lipinski definition) is 2. The standard InChI is InChI=1S/C26H35N5O5S/c1-17-3-5-20(6-4-17)23-28-24(33)26(29-23)10-12-30(13-11-26)37(35,36)14-9-19-7-8-21(15-18(19)2)31-22(32)16-27-25(31)34/h7-8,15,17,20H,3-6,9-14,16H2,1-2H3,(H,27,34)(H,28,29,33). The highest BCUT2D eigenvalue weighted by molar-refractivity contribution is 7.89. The molecule has 1 spiro atoms. The Labute approximate surface area is 217 Å². The van der Waals surface area contributed by atoms with Crippen LogP contribution in [0.1, 0.15) is 56.6 Å². The lowest BCUT2D eigenvalue weighted by atomic mass is 9.82. The quantitative estimate of drug-likeness (QED) is 0.546. The lowest BCUT2D eigenvalue weighted by molar-refractivity contribution is -0.125. The van der Waals surface area contributed by atoms with E-state index in [1.165, 1.54) is 4.31 Å². The third-order valence-electron chi connectivity index (χ3n) is 8.40. The molecule has 0 bridgehead atoms. The Morgan fingerprint density at radius 2 is 1.78 bits per heavy atom. The average Bonchev–Trinajstić information content (AvgIpc) is 3.37. The number of rotatable bonds is 6. The van der Waals surface area contributed by atoms with Crippen LogP contribution in [0.25, 0.3) is 0 Å². The molecular weight excluding hydrogens is 494 g/mol. The summed E-state index contributed by atoms with van der Waals surface area (Å²) in [6.45, 7) is 4.63. The van der Waals surface area contributed by atoms with Crippen LogP contribution < -0.4 is 15.5 Å². The predicted molar refractivity (Wildman–Crippen MR) is 140 cm³/mol. The van der Waals surface area contributed by atoms with Crippen LogP contribution >= 0.6 is 0 Å². The molecule has 5 rings (SSSR count). The second-order valence-electron chi connectivity index (χ2n) is 10.9. The number of urea groups is 1. The highest BCUT2D eigenvalue weighted by Gasteiger charge is 2.48. The monoisotopic (exact) mass is 529 g/mol. The number of benzene rings is 1. The van der Waals surface area contributed by atoms with Crippen molar-refractivity contribution in [1.29, 1.82) is 0 Å². The molecule has 0 unspecified atom stereocenters. The molecule has 2 saturated heterocycles. The van der Waals surface area contributed by atoms with Crippen molar-refractivity contribution in [2.24, 2.45) is 16.8 Å². The second-order valence-corrected chi connectivity index (χ2v) is 13.0. The number of hydrogen-bond acceptors (Lipinski definition) is 6. The van der Waals surface area contributed by atoms with Gasteiger partial charge in [-0.1, -0.05) is 25.8 Å². The highest BCUT2D eigenvalue weighted by atomic mass is 32.2. The van der Waals surface area contributed by atoms with E-state index >= 15 is 0 Å². The van der Waals surface area contributed by atoms with Crippen molar-refractivity contribution in [3.8, 4) is 0 Å². The molecule has 0 atom stereocenters. The van der Waals surface area contributed by atoms with Gasteiger partial charge in [0.25, 0.3) is 11.8 Å². The van der Waals surface area contributed by atoms with Crippen molar-refractivity contribution >= 4 is 39.4 Å². The molecule has 11 heteroatoms. The van der Waals surface area contributed by atoms with E-state index in [2.05, 4.69) is 17.6 Å². The lowest BCUT2D eigenvalue weighted by Crippen LogP contribution is -2.51. The van der Waals surface area contributed by atoms with Gasteiger partial charge in [-0.2, -0.15) is 0 Å². The van der Waals surface area contributed by atoms with Crippen LogP contribution in [0, 0.1) is 18.8 Å². The molecule has 4 amide bonds. The molecule has 1 aliphatic carbocycles. The molecular formula is C26H35N5O5S. The van der Waals surface area contributed by atoms with Crippen LogP contribution in [0.4, 0.5) is 10.5 Å². The number of sulfonamides is 1. The number of carbonyl (C=O) groups is 3. The Morgan fingerprint density at radius 3 is 2.41 bits per heavy atom. The van der Waals surface area contributed by atoms with Gasteiger partial charge in [0.15, 0.2) is 0 Å². The van der Waals surface area contributed by atoms with E-state index in [0.29, 0.717) is 36.8 Å². The topological polar surface area (TPSA) is 128 Å². The number of nitrogens with zero attached hydrogens (tertiary/aromatic N) is 3. The van der Waals surface area contributed by atoms with Gasteiger partial charge in [0.05, 0.1) is 18.0 Å². The SMILES string of the molecule is Cc1cc(N2C(=O)CNC2=O)ccc1CCS(=O)(=O)N1CCC2(CC1)N=C(C1CCC(C)CC1)NC2=O. The minimum absolute atomic E-state index is 0.0247. The van der Waals surface area contributed by atoms with Gasteiger partial charge in [-0.3, -0.25) is 14.6 Å². The Kier molecular flexibility index (Phi) is 6.86. The Balaban J connectivity index is 1.19. The van der Waals surface area contributed by atoms with Crippen molar-refractivity contribution < 1.29 is 22.8 Å². The van der Waals surface area contributed by atoms with Crippen LogP contribution in [-0.2, 0) is 26.0 Å². The van der Waals surface area contributed by atoms with Crippen molar-refractivity contribution in [2.45, 2.75) is 64.3 Å². The number of carbonyl (C=O) groups excluding carboxylic acids is 3. The number of amides is 4. The van der Waals surface area contributed by atoms with Crippen LogP contribution in [-0.4, -0.2) is 67.3 Å². The summed E-state index contributed by atoms with van der Waals surface area (Å²) in [5.74, 6) is 1.37. The summed E-state index contributed by atoms with van der Waals surface area (Å²) < 4.78 is 27.8. The summed E-state index contributed by atoms with van der Waals surface area (Å²) >= 11 is 0. The highest BCUT2D eigenvalue weighted by Crippen LogP contribution is 2.36. The molecule has 3 aliphatic heterocycles. The molecule has 10 nitrogen and oxygen atoms in total. The predicted octanol–water partition coefficient (Wildman–Crippen LogP) is 2.11. The zero-order valence-corrected chi connectivity index (χ0v) is 22.3. The number of anilines is 1. The maximum absolute atomic E-state index is 13.1. The van der Waals surface area contributed by atoms with E-state index in [-0.39, 0.29) is 37.2 Å². The number of piperidine rings is 1. The minimum Gasteiger partial charge on any atom is -0.328 e. The molecule has 2 N–H and O–H groups in total. The fraction of sp³-hybridized carbons (Fsp3) is 0.615. The van der Waals surface area contributed by atoms with Gasteiger partial charge in [-0.05, 0) is 68.2 Å². The first kappa shape index (κ1) is 25.8. The molecule has 3 heterocycles. The summed E-state index contributed by atoms with van der Waals surface area (Å²) in [5, 5.41) is 5.52. The van der Waals surface area contributed by atoms with Crippen LogP contribution in [0.3, 0.4) is 0 Å². The maximum Gasteiger partial charge on any atom is 0.329 e. The molecule has 4 aliphatic rings. The largest absolute Gasteiger partial charge is 0.329 e. The zero-order chi connectivity index (χ0) is 26.4. The first-order valence-corrected chi connectivity index (χ1v) is 14.8. The van der Waals surface area contributed by atoms with Gasteiger partial charge in [0.2, 0.25) is 10.0 Å². The van der Waals surface area contributed by atoms with Crippen LogP contribution in [0.2, 0.25) is 0 Å². The van der Waals surface area contributed by atoms with Crippen molar-refractivity contribution in [3.63, 3.8) is 0 Å². The Hall–Kier alpha value is -2.79. The third kappa shape index (κ3) is 5.03. The normalized spacial score (nSPS) is 26.4. The first-order valence-electron chi connectivity index (χ1n) is 13.2. The summed E-state index contributed by atoms with van der Waals surface area (Å²) in [7, 11) is -3.52. The molecule has 3 fully saturated rings. The van der Waals surface area contributed by atoms with E-state index in [4.69, 9.17) is 4.99 Å². The van der Waals surface area contributed by atoms with E-state index in [0.717, 1.165) is 47.5 Å². The number of imide groups is 1. The average molecular weight is 530 g/mol. The lowest BCUT2D eigenvalue weighted by Gasteiger charge is -2.34. The summed E-state index contributed by atoms with van der Waals surface area (Å²) in [6.07, 6.45) is 5.48. The number of amidine groups is 1. The van der Waals surface area contributed by atoms with Gasteiger partial charge in [-0.25, -0.2) is 22.4 Å². The fourth-order valence-corrected chi connectivity index (χ4v) is 7.37. The summed E-state index contributed by atoms with van der Waals surface area (Å²) in [6, 6.07) is 4.72. The number of nitrogens with one attached hydrogen (secondary N) is 2. The molecule has 0 aromatic heterocycles. The van der Waals surface area contributed by atoms with Crippen LogP contribution in [0.5, 0.6) is 0 Å². The maximum atomic E-state index is 13.1. The zero-order valence-electron chi connectivity index (χ0n) is 21.5. The molecule has 0 radical (unpaired) electrons. The van der Waals surface area contributed by atoms with E-state index < -0.39 is 21.6 Å². The fourth-order valence-electron chi connectivity index (χ4n) is 5.89. The summed E-state index contributed by atoms with van der Waals surface area (Å²) in [4.78, 5) is 42.7. The van der Waals surface area contributed by atoms with Crippen molar-refractivity contribution in [1.82, 2.24) is 14.9 Å². The van der Waals surface area contributed by atoms with E-state index in [1.807, 2.05) is 6.92 Å². The van der Waals surface area contributed by atoms with Gasteiger partial charge in [0, 0.05) is 19.0 Å². The van der Waals surface area contributed by atoms with Crippen molar-refractivity contribution in [2.75, 3.05) is 30.3 Å². The molecule has 1 aromatic rings. The third-order valence-corrected chi connectivity index (χ3v) is 10.3. The van der Waals surface area contributed by atoms with Gasteiger partial charge in [0.1, 0.15) is 11.4 Å². The number of aliphatic imine (C=N–C) groups is 1. The molecule has 37 heavy (non-hydrogen) atoms. The smallest absolute Gasteiger partial charge is 0.328 e. The molecule has 1 saturated carbocycles.